The molecule has 1 aromatic heterocycles. The first kappa shape index (κ1) is 16.9. The number of carbonyl (C=O) groups is 2. The molecule has 1 heterocycles. The molecule has 0 saturated heterocycles. The van der Waals surface area contributed by atoms with Crippen molar-refractivity contribution >= 4 is 38.6 Å². The predicted octanol–water partition coefficient (Wildman–Crippen LogP) is 3.95. The second kappa shape index (κ2) is 6.90. The van der Waals surface area contributed by atoms with Crippen molar-refractivity contribution in [2.24, 2.45) is 0 Å². The number of aryl methyl sites for hydroxylation is 1. The molecule has 7 heteroatoms. The van der Waals surface area contributed by atoms with Crippen molar-refractivity contribution in [1.82, 2.24) is 4.98 Å². The van der Waals surface area contributed by atoms with Gasteiger partial charge in [0.05, 0.1) is 28.0 Å². The van der Waals surface area contributed by atoms with Crippen LogP contribution in [0.15, 0.2) is 36.4 Å². The van der Waals surface area contributed by atoms with Crippen LogP contribution in [0, 0.1) is 6.92 Å². The number of ether oxygens (including phenoxy) is 1. The lowest BCUT2D eigenvalue weighted by Crippen LogP contribution is -2.16. The number of anilines is 1. The molecule has 128 valence electrons. The zero-order valence-electron chi connectivity index (χ0n) is 13.7. The zero-order chi connectivity index (χ0) is 18.0. The number of hydrogen-bond acceptors (Lipinski definition) is 5. The number of thiazole rings is 1. The van der Waals surface area contributed by atoms with Gasteiger partial charge in [-0.3, -0.25) is 10.1 Å². The molecule has 0 fully saturated rings. The fraction of sp³-hybridized carbons (Fsp3) is 0.167. The van der Waals surface area contributed by atoms with E-state index in [-0.39, 0.29) is 11.1 Å². The number of carboxylic acids is 1. The molecule has 0 bridgehead atoms. The van der Waals surface area contributed by atoms with Gasteiger partial charge in [0.15, 0.2) is 5.13 Å². The number of aromatic nitrogens is 1. The zero-order valence-corrected chi connectivity index (χ0v) is 14.5. The molecule has 0 unspecified atom stereocenters. The van der Waals surface area contributed by atoms with Crippen molar-refractivity contribution in [1.29, 1.82) is 0 Å². The van der Waals surface area contributed by atoms with E-state index in [0.29, 0.717) is 11.7 Å². The summed E-state index contributed by atoms with van der Waals surface area (Å²) in [6.07, 6.45) is 0. The van der Waals surface area contributed by atoms with E-state index in [1.165, 1.54) is 17.4 Å². The molecule has 0 spiro atoms. The maximum Gasteiger partial charge on any atom is 0.336 e. The van der Waals surface area contributed by atoms with Crippen molar-refractivity contribution in [3.05, 3.63) is 53.1 Å². The van der Waals surface area contributed by atoms with E-state index in [1.54, 1.807) is 19.1 Å². The van der Waals surface area contributed by atoms with Crippen LogP contribution in [-0.2, 0) is 0 Å². The molecule has 2 N–H and O–H groups in total. The number of rotatable bonds is 5. The highest BCUT2D eigenvalue weighted by molar-refractivity contribution is 7.22. The van der Waals surface area contributed by atoms with E-state index in [1.807, 2.05) is 25.1 Å². The Morgan fingerprint density at radius 3 is 2.72 bits per heavy atom. The average molecular weight is 356 g/mol. The van der Waals surface area contributed by atoms with Crippen LogP contribution < -0.4 is 10.1 Å². The quantitative estimate of drug-likeness (QED) is 0.722. The van der Waals surface area contributed by atoms with Crippen molar-refractivity contribution in [3.8, 4) is 5.75 Å². The van der Waals surface area contributed by atoms with Gasteiger partial charge in [0.1, 0.15) is 5.75 Å². The molecule has 25 heavy (non-hydrogen) atoms. The molecule has 0 saturated carbocycles. The van der Waals surface area contributed by atoms with E-state index in [4.69, 9.17) is 4.74 Å². The number of benzene rings is 2. The standard InChI is InChI=1S/C18H16N2O4S/c1-3-24-11-5-7-14-15(9-11)25-18(19-14)20-16(21)13-8-10(2)4-6-12(13)17(22)23/h4-9H,3H2,1-2H3,(H,22,23)(H,19,20,21). The summed E-state index contributed by atoms with van der Waals surface area (Å²) in [6.45, 7) is 4.28. The van der Waals surface area contributed by atoms with Crippen molar-refractivity contribution < 1.29 is 19.4 Å². The molecule has 0 aliphatic rings. The van der Waals surface area contributed by atoms with Gasteiger partial charge in [-0.05, 0) is 44.2 Å². The smallest absolute Gasteiger partial charge is 0.336 e. The van der Waals surface area contributed by atoms with Gasteiger partial charge in [-0.15, -0.1) is 0 Å². The highest BCUT2D eigenvalue weighted by atomic mass is 32.1. The maximum atomic E-state index is 12.5. The number of carbonyl (C=O) groups excluding carboxylic acids is 1. The lowest BCUT2D eigenvalue weighted by Gasteiger charge is -2.06. The summed E-state index contributed by atoms with van der Waals surface area (Å²) in [5.74, 6) is -0.899. The number of carboxylic acid groups (broad SMARTS) is 1. The lowest BCUT2D eigenvalue weighted by molar-refractivity contribution is 0.0692. The number of amides is 1. The highest BCUT2D eigenvalue weighted by Crippen LogP contribution is 2.29. The first-order chi connectivity index (χ1) is 12.0. The van der Waals surface area contributed by atoms with Crippen molar-refractivity contribution in [3.63, 3.8) is 0 Å². The summed E-state index contributed by atoms with van der Waals surface area (Å²) < 4.78 is 6.33. The topological polar surface area (TPSA) is 88.5 Å². The van der Waals surface area contributed by atoms with Gasteiger partial charge in [0, 0.05) is 0 Å². The number of fused-ring (bicyclic) bond motifs is 1. The molecule has 0 aliphatic heterocycles. The molecule has 2 aromatic carbocycles. The molecule has 0 atom stereocenters. The third kappa shape index (κ3) is 3.61. The first-order valence-electron chi connectivity index (χ1n) is 7.66. The second-order valence-corrected chi connectivity index (χ2v) is 6.42. The molecular formula is C18H16N2O4S. The van der Waals surface area contributed by atoms with Crippen LogP contribution in [0.5, 0.6) is 5.75 Å². The number of hydrogen-bond donors (Lipinski definition) is 2. The maximum absolute atomic E-state index is 12.5. The summed E-state index contributed by atoms with van der Waals surface area (Å²) in [5.41, 5.74) is 1.62. The van der Waals surface area contributed by atoms with Crippen LogP contribution in [0.3, 0.4) is 0 Å². The Labute approximate surface area is 148 Å². The Morgan fingerprint density at radius 1 is 1.20 bits per heavy atom. The van der Waals surface area contributed by atoms with Gasteiger partial charge in [0.25, 0.3) is 5.91 Å². The van der Waals surface area contributed by atoms with Gasteiger partial charge in [-0.25, -0.2) is 9.78 Å². The van der Waals surface area contributed by atoms with Gasteiger partial charge in [-0.1, -0.05) is 23.0 Å². The Balaban J connectivity index is 1.89. The number of nitrogens with one attached hydrogen (secondary N) is 1. The van der Waals surface area contributed by atoms with E-state index in [0.717, 1.165) is 21.5 Å². The number of nitrogens with zero attached hydrogens (tertiary/aromatic N) is 1. The van der Waals surface area contributed by atoms with Crippen molar-refractivity contribution in [2.75, 3.05) is 11.9 Å². The Hall–Kier alpha value is -2.93. The lowest BCUT2D eigenvalue weighted by atomic mass is 10.0. The minimum absolute atomic E-state index is 0.0390. The molecule has 0 radical (unpaired) electrons. The first-order valence-corrected chi connectivity index (χ1v) is 8.48. The molecular weight excluding hydrogens is 340 g/mol. The minimum atomic E-state index is -1.14. The summed E-state index contributed by atoms with van der Waals surface area (Å²) in [6, 6.07) is 10.1. The van der Waals surface area contributed by atoms with E-state index >= 15 is 0 Å². The van der Waals surface area contributed by atoms with Crippen LogP contribution >= 0.6 is 11.3 Å². The van der Waals surface area contributed by atoms with E-state index < -0.39 is 11.9 Å². The SMILES string of the molecule is CCOc1ccc2nc(NC(=O)c3cc(C)ccc3C(=O)O)sc2c1. The molecule has 1 amide bonds. The summed E-state index contributed by atoms with van der Waals surface area (Å²) in [7, 11) is 0. The summed E-state index contributed by atoms with van der Waals surface area (Å²) in [5, 5.41) is 12.4. The minimum Gasteiger partial charge on any atom is -0.494 e. The Bertz CT molecular complexity index is 965. The summed E-state index contributed by atoms with van der Waals surface area (Å²) >= 11 is 1.31. The number of aromatic carboxylic acids is 1. The third-order valence-corrected chi connectivity index (χ3v) is 4.48. The van der Waals surface area contributed by atoms with Gasteiger partial charge < -0.3 is 9.84 Å². The van der Waals surface area contributed by atoms with E-state index in [2.05, 4.69) is 10.3 Å². The van der Waals surface area contributed by atoms with Crippen LogP contribution in [-0.4, -0.2) is 28.6 Å². The monoisotopic (exact) mass is 356 g/mol. The fourth-order valence-electron chi connectivity index (χ4n) is 2.41. The molecule has 3 rings (SSSR count). The van der Waals surface area contributed by atoms with Crippen LogP contribution in [0.25, 0.3) is 10.2 Å². The predicted molar refractivity (Wildman–Crippen MR) is 96.9 cm³/mol. The second-order valence-electron chi connectivity index (χ2n) is 5.39. The third-order valence-electron chi connectivity index (χ3n) is 3.54. The molecule has 0 aliphatic carbocycles. The fourth-order valence-corrected chi connectivity index (χ4v) is 3.30. The largest absolute Gasteiger partial charge is 0.494 e. The van der Waals surface area contributed by atoms with Gasteiger partial charge >= 0.3 is 5.97 Å². The van der Waals surface area contributed by atoms with Gasteiger partial charge in [0.2, 0.25) is 0 Å². The molecule has 6 nitrogen and oxygen atoms in total. The van der Waals surface area contributed by atoms with Gasteiger partial charge in [-0.2, -0.15) is 0 Å². The normalized spacial score (nSPS) is 10.6. The van der Waals surface area contributed by atoms with Crippen LogP contribution in [0.4, 0.5) is 5.13 Å². The van der Waals surface area contributed by atoms with Crippen molar-refractivity contribution in [2.45, 2.75) is 13.8 Å². The van der Waals surface area contributed by atoms with Crippen LogP contribution in [0.2, 0.25) is 0 Å². The van der Waals surface area contributed by atoms with Crippen LogP contribution in [0.1, 0.15) is 33.2 Å². The van der Waals surface area contributed by atoms with E-state index in [9.17, 15) is 14.7 Å². The molecule has 3 aromatic rings. The summed E-state index contributed by atoms with van der Waals surface area (Å²) in [4.78, 5) is 28.2. The average Bonchev–Trinajstić information content (AvgIpc) is 2.96. The Kier molecular flexibility index (Phi) is 4.67. The highest BCUT2D eigenvalue weighted by Gasteiger charge is 2.18. The Morgan fingerprint density at radius 2 is 2.00 bits per heavy atom.